The van der Waals surface area contributed by atoms with Gasteiger partial charge in [0.15, 0.2) is 0 Å². The molecule has 3 rings (SSSR count). The minimum atomic E-state index is 0.557. The highest BCUT2D eigenvalue weighted by molar-refractivity contribution is 5.72. The number of hydrogen-bond donors (Lipinski definition) is 1. The first-order valence-corrected chi connectivity index (χ1v) is 7.40. The summed E-state index contributed by atoms with van der Waals surface area (Å²) >= 11 is 0. The van der Waals surface area contributed by atoms with E-state index in [-0.39, 0.29) is 0 Å². The molecule has 0 unspecified atom stereocenters. The highest BCUT2D eigenvalue weighted by atomic mass is 15.3. The third kappa shape index (κ3) is 2.11. The molecule has 2 aromatic rings. The molecule has 0 radical (unpaired) electrons. The van der Waals surface area contributed by atoms with Crippen molar-refractivity contribution in [1.82, 2.24) is 19.3 Å². The summed E-state index contributed by atoms with van der Waals surface area (Å²) in [5, 5.41) is 4.39. The Hall–Kier alpha value is -1.78. The Morgan fingerprint density at radius 3 is 2.50 bits per heavy atom. The Kier molecular flexibility index (Phi) is 3.28. The van der Waals surface area contributed by atoms with Crippen molar-refractivity contribution in [2.24, 2.45) is 14.1 Å². The second-order valence-electron chi connectivity index (χ2n) is 5.90. The van der Waals surface area contributed by atoms with Crippen LogP contribution in [-0.4, -0.2) is 19.3 Å². The summed E-state index contributed by atoms with van der Waals surface area (Å²) in [5.41, 5.74) is 9.19. The van der Waals surface area contributed by atoms with Crippen molar-refractivity contribution in [3.8, 4) is 11.3 Å². The van der Waals surface area contributed by atoms with Crippen molar-refractivity contribution in [3.63, 3.8) is 0 Å². The SMILES string of the molecule is Cc1nn(C)cc1-c1nc(C2CCCCC2)n(C)c1N. The lowest BCUT2D eigenvalue weighted by molar-refractivity contribution is 0.422. The lowest BCUT2D eigenvalue weighted by Crippen LogP contribution is -2.11. The van der Waals surface area contributed by atoms with Gasteiger partial charge in [-0.3, -0.25) is 4.68 Å². The van der Waals surface area contributed by atoms with E-state index in [4.69, 9.17) is 10.7 Å². The van der Waals surface area contributed by atoms with Crippen LogP contribution in [0.3, 0.4) is 0 Å². The zero-order valence-electron chi connectivity index (χ0n) is 12.6. The minimum absolute atomic E-state index is 0.557. The van der Waals surface area contributed by atoms with Crippen LogP contribution in [0.1, 0.15) is 49.5 Å². The topological polar surface area (TPSA) is 61.7 Å². The number of nitrogens with zero attached hydrogens (tertiary/aromatic N) is 4. The molecule has 0 aromatic carbocycles. The van der Waals surface area contributed by atoms with Gasteiger partial charge < -0.3 is 10.3 Å². The Bertz CT molecular complexity index is 616. The van der Waals surface area contributed by atoms with E-state index in [1.165, 1.54) is 32.1 Å². The van der Waals surface area contributed by atoms with Crippen molar-refractivity contribution >= 4 is 5.82 Å². The first kappa shape index (κ1) is 13.2. The Morgan fingerprint density at radius 2 is 1.90 bits per heavy atom. The smallest absolute Gasteiger partial charge is 0.131 e. The van der Waals surface area contributed by atoms with Crippen LogP contribution in [0.4, 0.5) is 5.82 Å². The molecule has 108 valence electrons. The molecule has 0 bridgehead atoms. The summed E-state index contributed by atoms with van der Waals surface area (Å²) in [6.07, 6.45) is 8.42. The molecule has 0 amide bonds. The average molecular weight is 273 g/mol. The zero-order chi connectivity index (χ0) is 14.3. The maximum atomic E-state index is 6.28. The van der Waals surface area contributed by atoms with E-state index in [2.05, 4.69) is 9.67 Å². The molecule has 20 heavy (non-hydrogen) atoms. The minimum Gasteiger partial charge on any atom is -0.383 e. The van der Waals surface area contributed by atoms with Gasteiger partial charge in [0.05, 0.1) is 5.69 Å². The van der Waals surface area contributed by atoms with Crippen LogP contribution in [-0.2, 0) is 14.1 Å². The molecule has 0 atom stereocenters. The van der Waals surface area contributed by atoms with Crippen molar-refractivity contribution in [1.29, 1.82) is 0 Å². The van der Waals surface area contributed by atoms with E-state index < -0.39 is 0 Å². The highest BCUT2D eigenvalue weighted by Crippen LogP contribution is 2.36. The van der Waals surface area contributed by atoms with E-state index in [1.54, 1.807) is 0 Å². The Balaban J connectivity index is 2.03. The normalized spacial score (nSPS) is 16.8. The van der Waals surface area contributed by atoms with Crippen LogP contribution in [0.15, 0.2) is 6.20 Å². The number of anilines is 1. The van der Waals surface area contributed by atoms with Gasteiger partial charge in [-0.2, -0.15) is 5.10 Å². The monoisotopic (exact) mass is 273 g/mol. The zero-order valence-corrected chi connectivity index (χ0v) is 12.6. The van der Waals surface area contributed by atoms with Crippen molar-refractivity contribution in [3.05, 3.63) is 17.7 Å². The molecule has 0 spiro atoms. The number of imidazole rings is 1. The fraction of sp³-hybridized carbons (Fsp3) is 0.600. The molecular weight excluding hydrogens is 250 g/mol. The molecule has 5 nitrogen and oxygen atoms in total. The maximum Gasteiger partial charge on any atom is 0.131 e. The molecule has 1 aliphatic carbocycles. The molecule has 0 saturated heterocycles. The van der Waals surface area contributed by atoms with Crippen molar-refractivity contribution in [2.75, 3.05) is 5.73 Å². The second kappa shape index (κ2) is 4.96. The van der Waals surface area contributed by atoms with Gasteiger partial charge in [0.25, 0.3) is 0 Å². The molecular formula is C15H23N5. The molecule has 1 aliphatic rings. The summed E-state index contributed by atoms with van der Waals surface area (Å²) in [6.45, 7) is 2.00. The molecule has 2 N–H and O–H groups in total. The predicted molar refractivity (Wildman–Crippen MR) is 80.4 cm³/mol. The molecule has 1 saturated carbocycles. The summed E-state index contributed by atoms with van der Waals surface area (Å²) in [7, 11) is 3.96. The van der Waals surface area contributed by atoms with E-state index in [0.717, 1.165) is 28.6 Å². The van der Waals surface area contributed by atoms with Gasteiger partial charge in [0.2, 0.25) is 0 Å². The first-order valence-electron chi connectivity index (χ1n) is 7.40. The number of aromatic nitrogens is 4. The maximum absolute atomic E-state index is 6.28. The lowest BCUT2D eigenvalue weighted by Gasteiger charge is -2.21. The second-order valence-corrected chi connectivity index (χ2v) is 5.90. The van der Waals surface area contributed by atoms with Gasteiger partial charge in [0, 0.05) is 31.8 Å². The fourth-order valence-electron chi connectivity index (χ4n) is 3.29. The molecule has 1 fully saturated rings. The largest absolute Gasteiger partial charge is 0.383 e. The van der Waals surface area contributed by atoms with Gasteiger partial charge in [-0.1, -0.05) is 19.3 Å². The van der Waals surface area contributed by atoms with Gasteiger partial charge in [-0.25, -0.2) is 4.98 Å². The first-order chi connectivity index (χ1) is 9.58. The average Bonchev–Trinajstić information content (AvgIpc) is 2.92. The summed E-state index contributed by atoms with van der Waals surface area (Å²) in [6, 6.07) is 0. The van der Waals surface area contributed by atoms with E-state index >= 15 is 0 Å². The quantitative estimate of drug-likeness (QED) is 0.915. The van der Waals surface area contributed by atoms with Crippen LogP contribution in [0.25, 0.3) is 11.3 Å². The fourth-order valence-corrected chi connectivity index (χ4v) is 3.29. The van der Waals surface area contributed by atoms with E-state index in [9.17, 15) is 0 Å². The van der Waals surface area contributed by atoms with Crippen LogP contribution in [0.2, 0.25) is 0 Å². The predicted octanol–water partition coefficient (Wildman–Crippen LogP) is 2.76. The van der Waals surface area contributed by atoms with Gasteiger partial charge in [-0.05, 0) is 19.8 Å². The van der Waals surface area contributed by atoms with Crippen molar-refractivity contribution in [2.45, 2.75) is 44.9 Å². The Morgan fingerprint density at radius 1 is 1.20 bits per heavy atom. The summed E-state index contributed by atoms with van der Waals surface area (Å²) in [5.74, 6) is 2.45. The number of rotatable bonds is 2. The lowest BCUT2D eigenvalue weighted by atomic mass is 9.89. The summed E-state index contributed by atoms with van der Waals surface area (Å²) in [4.78, 5) is 4.86. The van der Waals surface area contributed by atoms with E-state index in [1.807, 2.05) is 31.9 Å². The standard InChI is InChI=1S/C15H23N5/c1-10-12(9-19(2)18-10)13-14(16)20(3)15(17-13)11-7-5-4-6-8-11/h9,11H,4-8,16H2,1-3H3. The van der Waals surface area contributed by atoms with Crippen LogP contribution in [0.5, 0.6) is 0 Å². The molecule has 2 aromatic heterocycles. The van der Waals surface area contributed by atoms with Crippen molar-refractivity contribution < 1.29 is 0 Å². The number of aryl methyl sites for hydroxylation is 2. The van der Waals surface area contributed by atoms with Crippen LogP contribution in [0, 0.1) is 6.92 Å². The van der Waals surface area contributed by atoms with Gasteiger partial charge in [-0.15, -0.1) is 0 Å². The molecule has 0 aliphatic heterocycles. The number of hydrogen-bond acceptors (Lipinski definition) is 3. The highest BCUT2D eigenvalue weighted by Gasteiger charge is 2.24. The Labute approximate surface area is 119 Å². The third-order valence-electron chi connectivity index (χ3n) is 4.41. The van der Waals surface area contributed by atoms with Crippen LogP contribution >= 0.6 is 0 Å². The molecule has 5 heteroatoms. The molecule has 2 heterocycles. The third-order valence-corrected chi connectivity index (χ3v) is 4.41. The van der Waals surface area contributed by atoms with E-state index in [0.29, 0.717) is 5.92 Å². The number of nitrogens with two attached hydrogens (primary N) is 1. The summed E-state index contributed by atoms with van der Waals surface area (Å²) < 4.78 is 3.89. The van der Waals surface area contributed by atoms with Crippen LogP contribution < -0.4 is 5.73 Å². The van der Waals surface area contributed by atoms with Gasteiger partial charge >= 0.3 is 0 Å². The number of nitrogen functional groups attached to an aromatic ring is 1. The van der Waals surface area contributed by atoms with Gasteiger partial charge in [0.1, 0.15) is 17.3 Å².